The maximum Gasteiger partial charge on any atom is 0.258 e. The number of nitrogens with one attached hydrogen (secondary N) is 2. The third-order valence-electron chi connectivity index (χ3n) is 3.38. The van der Waals surface area contributed by atoms with Crippen LogP contribution in [0.5, 0.6) is 5.75 Å². The molecule has 0 heterocycles. The van der Waals surface area contributed by atoms with Crippen LogP contribution in [-0.4, -0.2) is 25.1 Å². The fraction of sp³-hybridized carbons (Fsp3) is 0.562. The first-order valence-electron chi connectivity index (χ1n) is 7.36. The van der Waals surface area contributed by atoms with Gasteiger partial charge in [-0.3, -0.25) is 4.79 Å². The molecule has 118 valence electrons. The van der Waals surface area contributed by atoms with Crippen LogP contribution in [0.4, 0.5) is 0 Å². The van der Waals surface area contributed by atoms with Gasteiger partial charge in [-0.15, -0.1) is 0 Å². The van der Waals surface area contributed by atoms with Gasteiger partial charge in [-0.2, -0.15) is 0 Å². The predicted octanol–water partition coefficient (Wildman–Crippen LogP) is 2.99. The molecular weight excluding hydrogens is 288 g/mol. The van der Waals surface area contributed by atoms with Crippen molar-refractivity contribution in [3.63, 3.8) is 0 Å². The smallest absolute Gasteiger partial charge is 0.258 e. The van der Waals surface area contributed by atoms with Crippen molar-refractivity contribution in [3.05, 3.63) is 28.8 Å². The first-order valence-corrected chi connectivity index (χ1v) is 7.73. The van der Waals surface area contributed by atoms with Crippen LogP contribution in [0.15, 0.2) is 18.2 Å². The SMILES string of the molecule is CCNCc1c(Cl)cccc1OCC(=O)NC(C)C(C)C. The van der Waals surface area contributed by atoms with E-state index in [1.165, 1.54) is 0 Å². The molecule has 0 saturated heterocycles. The van der Waals surface area contributed by atoms with E-state index in [1.54, 1.807) is 0 Å². The minimum absolute atomic E-state index is 0.00345. The second kappa shape index (κ2) is 8.90. The zero-order chi connectivity index (χ0) is 15.8. The average Bonchev–Trinajstić information content (AvgIpc) is 2.44. The Kier molecular flexibility index (Phi) is 7.54. The zero-order valence-corrected chi connectivity index (χ0v) is 14.0. The van der Waals surface area contributed by atoms with Crippen LogP contribution in [0.2, 0.25) is 5.02 Å². The number of carbonyl (C=O) groups excluding carboxylic acids is 1. The Morgan fingerprint density at radius 2 is 2.05 bits per heavy atom. The molecule has 4 nitrogen and oxygen atoms in total. The van der Waals surface area contributed by atoms with Crippen molar-refractivity contribution in [2.45, 2.75) is 40.3 Å². The Morgan fingerprint density at radius 1 is 1.33 bits per heavy atom. The van der Waals surface area contributed by atoms with Gasteiger partial charge in [-0.1, -0.05) is 38.4 Å². The normalized spacial score (nSPS) is 12.3. The minimum atomic E-state index is -0.120. The van der Waals surface area contributed by atoms with Crippen LogP contribution >= 0.6 is 11.6 Å². The van der Waals surface area contributed by atoms with Gasteiger partial charge in [0.05, 0.1) is 0 Å². The van der Waals surface area contributed by atoms with Gasteiger partial charge in [-0.25, -0.2) is 0 Å². The molecule has 0 saturated carbocycles. The fourth-order valence-corrected chi connectivity index (χ4v) is 1.93. The Labute approximate surface area is 132 Å². The lowest BCUT2D eigenvalue weighted by Crippen LogP contribution is -2.39. The summed E-state index contributed by atoms with van der Waals surface area (Å²) in [6.45, 7) is 9.61. The summed E-state index contributed by atoms with van der Waals surface area (Å²) in [5.74, 6) is 0.922. The maximum atomic E-state index is 11.9. The van der Waals surface area contributed by atoms with E-state index in [0.29, 0.717) is 23.2 Å². The van der Waals surface area contributed by atoms with Gasteiger partial charge in [0.15, 0.2) is 6.61 Å². The van der Waals surface area contributed by atoms with Gasteiger partial charge >= 0.3 is 0 Å². The number of benzene rings is 1. The van der Waals surface area contributed by atoms with Crippen molar-refractivity contribution >= 4 is 17.5 Å². The number of hydrogen-bond acceptors (Lipinski definition) is 3. The largest absolute Gasteiger partial charge is 0.483 e. The standard InChI is InChI=1S/C16H25ClN2O2/c1-5-18-9-13-14(17)7-6-8-15(13)21-10-16(20)19-12(4)11(2)3/h6-8,11-12,18H,5,9-10H2,1-4H3,(H,19,20). The zero-order valence-electron chi connectivity index (χ0n) is 13.2. The summed E-state index contributed by atoms with van der Waals surface area (Å²) < 4.78 is 5.62. The molecule has 0 aliphatic carbocycles. The number of carbonyl (C=O) groups is 1. The monoisotopic (exact) mass is 312 g/mol. The highest BCUT2D eigenvalue weighted by atomic mass is 35.5. The molecule has 0 aliphatic heterocycles. The number of rotatable bonds is 8. The Morgan fingerprint density at radius 3 is 2.67 bits per heavy atom. The second-order valence-electron chi connectivity index (χ2n) is 5.39. The lowest BCUT2D eigenvalue weighted by molar-refractivity contribution is -0.124. The van der Waals surface area contributed by atoms with Gasteiger partial charge < -0.3 is 15.4 Å². The summed E-state index contributed by atoms with van der Waals surface area (Å²) in [6, 6.07) is 5.60. The summed E-state index contributed by atoms with van der Waals surface area (Å²) in [7, 11) is 0. The molecule has 0 radical (unpaired) electrons. The minimum Gasteiger partial charge on any atom is -0.483 e. The molecule has 1 aromatic rings. The topological polar surface area (TPSA) is 50.4 Å². The molecular formula is C16H25ClN2O2. The third kappa shape index (κ3) is 5.94. The van der Waals surface area contributed by atoms with Crippen LogP contribution in [0.3, 0.4) is 0 Å². The second-order valence-corrected chi connectivity index (χ2v) is 5.79. The molecule has 1 rings (SSSR count). The van der Waals surface area contributed by atoms with E-state index in [-0.39, 0.29) is 18.6 Å². The van der Waals surface area contributed by atoms with Crippen LogP contribution < -0.4 is 15.4 Å². The van der Waals surface area contributed by atoms with Crippen LogP contribution in [-0.2, 0) is 11.3 Å². The molecule has 0 aromatic heterocycles. The molecule has 1 aromatic carbocycles. The van der Waals surface area contributed by atoms with Gasteiger partial charge in [-0.05, 0) is 31.5 Å². The molecule has 0 bridgehead atoms. The maximum absolute atomic E-state index is 11.9. The Bertz CT molecular complexity index is 464. The lowest BCUT2D eigenvalue weighted by atomic mass is 10.1. The van der Waals surface area contributed by atoms with E-state index in [1.807, 2.05) is 32.0 Å². The van der Waals surface area contributed by atoms with Crippen molar-refractivity contribution in [3.8, 4) is 5.75 Å². The highest BCUT2D eigenvalue weighted by Gasteiger charge is 2.13. The van der Waals surface area contributed by atoms with Crippen molar-refractivity contribution in [2.24, 2.45) is 5.92 Å². The summed E-state index contributed by atoms with van der Waals surface area (Å²) in [4.78, 5) is 11.9. The van der Waals surface area contributed by atoms with Gasteiger partial charge in [0.2, 0.25) is 0 Å². The van der Waals surface area contributed by atoms with Gasteiger partial charge in [0.1, 0.15) is 5.75 Å². The third-order valence-corrected chi connectivity index (χ3v) is 3.73. The van der Waals surface area contributed by atoms with Crippen molar-refractivity contribution in [2.75, 3.05) is 13.2 Å². The van der Waals surface area contributed by atoms with E-state index in [2.05, 4.69) is 24.5 Å². The van der Waals surface area contributed by atoms with E-state index >= 15 is 0 Å². The van der Waals surface area contributed by atoms with Crippen LogP contribution in [0.1, 0.15) is 33.3 Å². The highest BCUT2D eigenvalue weighted by Crippen LogP contribution is 2.26. The Hall–Kier alpha value is -1.26. The number of amides is 1. The van der Waals surface area contributed by atoms with Gasteiger partial charge in [0, 0.05) is 23.2 Å². The molecule has 0 aliphatic rings. The summed E-state index contributed by atoms with van der Waals surface area (Å²) in [5, 5.41) is 6.77. The van der Waals surface area contributed by atoms with Crippen molar-refractivity contribution < 1.29 is 9.53 Å². The molecule has 21 heavy (non-hydrogen) atoms. The molecule has 1 amide bonds. The lowest BCUT2D eigenvalue weighted by Gasteiger charge is -2.18. The molecule has 0 spiro atoms. The predicted molar refractivity (Wildman–Crippen MR) is 86.8 cm³/mol. The Balaban J connectivity index is 2.62. The number of hydrogen-bond donors (Lipinski definition) is 2. The molecule has 1 unspecified atom stereocenters. The molecule has 5 heteroatoms. The summed E-state index contributed by atoms with van der Waals surface area (Å²) in [5.41, 5.74) is 0.880. The van der Waals surface area contributed by atoms with E-state index in [4.69, 9.17) is 16.3 Å². The van der Waals surface area contributed by atoms with E-state index in [0.717, 1.165) is 12.1 Å². The molecule has 2 N–H and O–H groups in total. The van der Waals surface area contributed by atoms with Crippen molar-refractivity contribution in [1.82, 2.24) is 10.6 Å². The van der Waals surface area contributed by atoms with Crippen LogP contribution in [0.25, 0.3) is 0 Å². The molecule has 1 atom stereocenters. The average molecular weight is 313 g/mol. The van der Waals surface area contributed by atoms with Crippen LogP contribution in [0, 0.1) is 5.92 Å². The van der Waals surface area contributed by atoms with E-state index in [9.17, 15) is 4.79 Å². The number of ether oxygens (including phenoxy) is 1. The highest BCUT2D eigenvalue weighted by molar-refractivity contribution is 6.31. The summed E-state index contributed by atoms with van der Waals surface area (Å²) >= 11 is 6.19. The van der Waals surface area contributed by atoms with Crippen molar-refractivity contribution in [1.29, 1.82) is 0 Å². The van der Waals surface area contributed by atoms with E-state index < -0.39 is 0 Å². The molecule has 0 fully saturated rings. The number of halogens is 1. The summed E-state index contributed by atoms with van der Waals surface area (Å²) in [6.07, 6.45) is 0. The van der Waals surface area contributed by atoms with Gasteiger partial charge in [0.25, 0.3) is 5.91 Å². The fourth-order valence-electron chi connectivity index (χ4n) is 1.70. The quantitative estimate of drug-likeness (QED) is 0.776. The first kappa shape index (κ1) is 17.8. The first-order chi connectivity index (χ1) is 9.95.